The van der Waals surface area contributed by atoms with Crippen LogP contribution in [-0.2, 0) is 9.59 Å². The van der Waals surface area contributed by atoms with Crippen LogP contribution >= 0.6 is 0 Å². The van der Waals surface area contributed by atoms with E-state index in [1.807, 2.05) is 17.0 Å². The van der Waals surface area contributed by atoms with E-state index in [9.17, 15) is 14.4 Å². The third kappa shape index (κ3) is 4.77. The molecule has 168 valence electrons. The zero-order valence-electron chi connectivity index (χ0n) is 18.5. The fraction of sp³-hybridized carbons (Fsp3) is 0.400. The average Bonchev–Trinajstić information content (AvgIpc) is 2.78. The molecule has 2 fully saturated rings. The molecule has 0 spiro atoms. The Bertz CT molecular complexity index is 977. The molecule has 0 saturated carbocycles. The molecule has 0 bridgehead atoms. The van der Waals surface area contributed by atoms with Crippen LogP contribution in [0.15, 0.2) is 48.5 Å². The van der Waals surface area contributed by atoms with Gasteiger partial charge in [-0.1, -0.05) is 0 Å². The van der Waals surface area contributed by atoms with Crippen molar-refractivity contribution >= 4 is 29.1 Å². The Hall–Kier alpha value is -3.35. The topological polar surface area (TPSA) is 79.0 Å². The van der Waals surface area contributed by atoms with Crippen molar-refractivity contribution in [1.82, 2.24) is 4.90 Å². The van der Waals surface area contributed by atoms with E-state index >= 15 is 0 Å². The molecule has 4 rings (SSSR count). The Kier molecular flexibility index (Phi) is 6.44. The number of carbonyl (C=O) groups is 3. The standard InChI is InChI=1S/C25H29N3O4/c1-17-4-3-5-18(2)28(17)24(30)16-32-22-12-6-19(7-13-22)25(31)26-20-8-10-21(11-9-20)27-15-14-23(27)29/h6-13,17-18H,3-5,14-16H2,1-2H3,(H,26,31)/t17-,18-/m1/s1. The van der Waals surface area contributed by atoms with Gasteiger partial charge in [-0.05, 0) is 81.6 Å². The summed E-state index contributed by atoms with van der Waals surface area (Å²) in [5.41, 5.74) is 1.98. The van der Waals surface area contributed by atoms with Crippen LogP contribution in [0.25, 0.3) is 0 Å². The van der Waals surface area contributed by atoms with Gasteiger partial charge in [-0.3, -0.25) is 14.4 Å². The molecule has 2 heterocycles. The lowest BCUT2D eigenvalue weighted by Gasteiger charge is -2.38. The normalized spacial score (nSPS) is 20.5. The lowest BCUT2D eigenvalue weighted by Crippen LogP contribution is -2.49. The number of nitrogens with zero attached hydrogens (tertiary/aromatic N) is 2. The summed E-state index contributed by atoms with van der Waals surface area (Å²) in [6, 6.07) is 14.4. The molecular formula is C25H29N3O4. The second-order valence-electron chi connectivity index (χ2n) is 8.54. The molecule has 32 heavy (non-hydrogen) atoms. The lowest BCUT2D eigenvalue weighted by atomic mass is 9.97. The zero-order valence-corrected chi connectivity index (χ0v) is 18.5. The van der Waals surface area contributed by atoms with Crippen molar-refractivity contribution in [3.63, 3.8) is 0 Å². The highest BCUT2D eigenvalue weighted by Gasteiger charge is 2.29. The van der Waals surface area contributed by atoms with Gasteiger partial charge in [0, 0.05) is 42.0 Å². The second-order valence-corrected chi connectivity index (χ2v) is 8.54. The molecule has 7 heteroatoms. The fourth-order valence-corrected chi connectivity index (χ4v) is 4.35. The van der Waals surface area contributed by atoms with Gasteiger partial charge in [0.1, 0.15) is 5.75 Å². The van der Waals surface area contributed by atoms with Gasteiger partial charge in [-0.25, -0.2) is 0 Å². The number of benzene rings is 2. The molecule has 2 aromatic carbocycles. The predicted molar refractivity (Wildman–Crippen MR) is 123 cm³/mol. The van der Waals surface area contributed by atoms with Gasteiger partial charge in [0.15, 0.2) is 6.61 Å². The molecular weight excluding hydrogens is 406 g/mol. The van der Waals surface area contributed by atoms with Crippen LogP contribution < -0.4 is 15.0 Å². The molecule has 2 aliphatic rings. The van der Waals surface area contributed by atoms with E-state index in [0.29, 0.717) is 23.4 Å². The SMILES string of the molecule is C[C@@H]1CCC[C@@H](C)N1C(=O)COc1ccc(C(=O)Nc2ccc(N3CCC3=O)cc2)cc1. The van der Waals surface area contributed by atoms with Crippen molar-refractivity contribution < 1.29 is 19.1 Å². The summed E-state index contributed by atoms with van der Waals surface area (Å²) in [7, 11) is 0. The first-order valence-electron chi connectivity index (χ1n) is 11.2. The van der Waals surface area contributed by atoms with E-state index in [1.165, 1.54) is 0 Å². The second kappa shape index (κ2) is 9.42. The number of nitrogens with one attached hydrogen (secondary N) is 1. The predicted octanol–water partition coefficient (Wildman–Crippen LogP) is 3.84. The first kappa shape index (κ1) is 21.9. The summed E-state index contributed by atoms with van der Waals surface area (Å²) >= 11 is 0. The van der Waals surface area contributed by atoms with Crippen molar-refractivity contribution in [3.05, 3.63) is 54.1 Å². The van der Waals surface area contributed by atoms with Gasteiger partial charge in [0.05, 0.1) is 0 Å². The molecule has 0 aliphatic carbocycles. The Morgan fingerprint density at radius 2 is 1.66 bits per heavy atom. The highest BCUT2D eigenvalue weighted by Crippen LogP contribution is 2.25. The van der Waals surface area contributed by atoms with Crippen LogP contribution in [0.1, 0.15) is 49.9 Å². The van der Waals surface area contributed by atoms with Crippen molar-refractivity contribution in [3.8, 4) is 5.75 Å². The highest BCUT2D eigenvalue weighted by molar-refractivity contribution is 6.04. The minimum atomic E-state index is -0.239. The number of amides is 3. The molecule has 2 saturated heterocycles. The smallest absolute Gasteiger partial charge is 0.260 e. The molecule has 2 atom stereocenters. The Labute approximate surface area is 188 Å². The van der Waals surface area contributed by atoms with Crippen LogP contribution in [-0.4, -0.2) is 47.9 Å². The van der Waals surface area contributed by atoms with Crippen LogP contribution in [0.3, 0.4) is 0 Å². The third-order valence-corrected chi connectivity index (χ3v) is 6.25. The summed E-state index contributed by atoms with van der Waals surface area (Å²) < 4.78 is 5.68. The maximum Gasteiger partial charge on any atom is 0.260 e. The highest BCUT2D eigenvalue weighted by atomic mass is 16.5. The van der Waals surface area contributed by atoms with Gasteiger partial charge in [-0.2, -0.15) is 0 Å². The van der Waals surface area contributed by atoms with Gasteiger partial charge < -0.3 is 19.9 Å². The van der Waals surface area contributed by atoms with Crippen molar-refractivity contribution in [2.24, 2.45) is 0 Å². The van der Waals surface area contributed by atoms with Crippen LogP contribution in [0.2, 0.25) is 0 Å². The van der Waals surface area contributed by atoms with Crippen molar-refractivity contribution in [2.45, 2.75) is 51.6 Å². The Morgan fingerprint density at radius 1 is 1.00 bits per heavy atom. The molecule has 0 aromatic heterocycles. The number of hydrogen-bond acceptors (Lipinski definition) is 4. The summed E-state index contributed by atoms with van der Waals surface area (Å²) in [4.78, 5) is 40.3. The summed E-state index contributed by atoms with van der Waals surface area (Å²) in [6.45, 7) is 4.89. The average molecular weight is 436 g/mol. The minimum Gasteiger partial charge on any atom is -0.484 e. The van der Waals surface area contributed by atoms with Crippen LogP contribution in [0.4, 0.5) is 11.4 Å². The zero-order chi connectivity index (χ0) is 22.7. The maximum absolute atomic E-state index is 12.6. The summed E-state index contributed by atoms with van der Waals surface area (Å²) in [6.07, 6.45) is 3.79. The molecule has 7 nitrogen and oxygen atoms in total. The van der Waals surface area contributed by atoms with E-state index in [0.717, 1.165) is 31.5 Å². The molecule has 2 aromatic rings. The third-order valence-electron chi connectivity index (χ3n) is 6.25. The van der Waals surface area contributed by atoms with Crippen molar-refractivity contribution in [1.29, 1.82) is 0 Å². The lowest BCUT2D eigenvalue weighted by molar-refractivity contribution is -0.139. The van der Waals surface area contributed by atoms with E-state index < -0.39 is 0 Å². The number of likely N-dealkylation sites (tertiary alicyclic amines) is 1. The molecule has 1 N–H and O–H groups in total. The van der Waals surface area contributed by atoms with E-state index in [1.54, 1.807) is 41.3 Å². The first-order valence-corrected chi connectivity index (χ1v) is 11.2. The van der Waals surface area contributed by atoms with Gasteiger partial charge >= 0.3 is 0 Å². The molecule has 0 unspecified atom stereocenters. The van der Waals surface area contributed by atoms with Gasteiger partial charge in [-0.15, -0.1) is 0 Å². The number of rotatable bonds is 6. The number of piperidine rings is 1. The Morgan fingerprint density at radius 3 is 2.22 bits per heavy atom. The number of β-lactam (4-membered cyclic amide) rings is 1. The maximum atomic E-state index is 12.6. The number of anilines is 2. The molecule has 2 aliphatic heterocycles. The number of hydrogen-bond donors (Lipinski definition) is 1. The summed E-state index contributed by atoms with van der Waals surface area (Å²) in [5, 5.41) is 2.85. The number of ether oxygens (including phenoxy) is 1. The van der Waals surface area contributed by atoms with Crippen molar-refractivity contribution in [2.75, 3.05) is 23.4 Å². The monoisotopic (exact) mass is 435 g/mol. The van der Waals surface area contributed by atoms with E-state index in [4.69, 9.17) is 4.74 Å². The van der Waals surface area contributed by atoms with E-state index in [-0.39, 0.29) is 36.4 Å². The largest absolute Gasteiger partial charge is 0.484 e. The summed E-state index contributed by atoms with van der Waals surface area (Å²) in [5.74, 6) is 0.424. The molecule has 0 radical (unpaired) electrons. The van der Waals surface area contributed by atoms with Gasteiger partial charge in [0.25, 0.3) is 11.8 Å². The van der Waals surface area contributed by atoms with Crippen LogP contribution in [0.5, 0.6) is 5.75 Å². The van der Waals surface area contributed by atoms with Crippen LogP contribution in [0, 0.1) is 0 Å². The Balaban J connectivity index is 1.29. The fourth-order valence-electron chi connectivity index (χ4n) is 4.35. The van der Waals surface area contributed by atoms with Gasteiger partial charge in [0.2, 0.25) is 5.91 Å². The minimum absolute atomic E-state index is 0.00473. The van der Waals surface area contributed by atoms with E-state index in [2.05, 4.69) is 19.2 Å². The number of carbonyl (C=O) groups excluding carboxylic acids is 3. The molecule has 3 amide bonds. The first-order chi connectivity index (χ1) is 15.4. The quantitative estimate of drug-likeness (QED) is 0.699.